The lowest BCUT2D eigenvalue weighted by atomic mass is 10.2. The second-order valence-corrected chi connectivity index (χ2v) is 11.1. The SMILES string of the molecule is O=C(CCC(=O)Oc1ccccc1C(=O)OCON[N+](=O)N1CCCC1)Oc1ccc(-c2cc(=S)ss2)cc1. The first-order valence-corrected chi connectivity index (χ1v) is 14.4. The highest BCUT2D eigenvalue weighted by Crippen LogP contribution is 2.30. The largest absolute Gasteiger partial charge is 0.432 e. The Labute approximate surface area is 235 Å². The van der Waals surface area contributed by atoms with Gasteiger partial charge >= 0.3 is 17.9 Å². The van der Waals surface area contributed by atoms with Crippen LogP contribution in [-0.4, -0.2) is 47.8 Å². The van der Waals surface area contributed by atoms with Crippen molar-refractivity contribution in [3.8, 4) is 21.9 Å². The molecule has 204 valence electrons. The van der Waals surface area contributed by atoms with Gasteiger partial charge in [-0.3, -0.25) is 9.59 Å². The number of hydrogen-bond acceptors (Lipinski definition) is 11. The Hall–Kier alpha value is -3.72. The molecule has 0 bridgehead atoms. The van der Waals surface area contributed by atoms with Gasteiger partial charge in [-0.05, 0) is 60.9 Å². The molecule has 1 saturated heterocycles. The summed E-state index contributed by atoms with van der Waals surface area (Å²) in [5, 5.41) is 1.51. The molecule has 0 aliphatic carbocycles. The third-order valence-corrected chi connectivity index (χ3v) is 8.34. The number of hydrazine groups is 2. The van der Waals surface area contributed by atoms with Gasteiger partial charge in [0.1, 0.15) is 20.9 Å². The highest BCUT2D eigenvalue weighted by molar-refractivity contribution is 7.80. The summed E-state index contributed by atoms with van der Waals surface area (Å²) in [5.74, 6) is -1.85. The average molecular weight is 591 g/mol. The molecule has 1 aromatic heterocycles. The summed E-state index contributed by atoms with van der Waals surface area (Å²) in [6.07, 6.45) is 1.34. The molecule has 0 radical (unpaired) electrons. The topological polar surface area (TPSA) is 123 Å². The van der Waals surface area contributed by atoms with Gasteiger partial charge in [-0.2, -0.15) is 4.84 Å². The molecule has 0 unspecified atom stereocenters. The summed E-state index contributed by atoms with van der Waals surface area (Å²) >= 11 is 5.15. The van der Waals surface area contributed by atoms with Gasteiger partial charge in [-0.15, -0.1) is 5.01 Å². The van der Waals surface area contributed by atoms with Crippen LogP contribution in [0.2, 0.25) is 0 Å². The number of nitroso groups, excluding NO2 is 1. The molecule has 3 aromatic rings. The Balaban J connectivity index is 1.20. The number of rotatable bonds is 12. The highest BCUT2D eigenvalue weighted by atomic mass is 32.9. The zero-order valence-corrected chi connectivity index (χ0v) is 23.0. The number of nitrogens with zero attached hydrogens (tertiary/aromatic N) is 2. The number of benzene rings is 2. The van der Waals surface area contributed by atoms with Gasteiger partial charge < -0.3 is 14.2 Å². The van der Waals surface area contributed by atoms with Gasteiger partial charge in [0.15, 0.2) is 0 Å². The molecule has 1 aliphatic rings. The van der Waals surface area contributed by atoms with E-state index in [1.54, 1.807) is 34.6 Å². The van der Waals surface area contributed by atoms with Crippen molar-refractivity contribution in [1.82, 2.24) is 10.6 Å². The van der Waals surface area contributed by atoms with Crippen LogP contribution < -0.4 is 15.1 Å². The molecular formula is C25H24N3O8S3+. The number of esters is 3. The molecule has 14 heteroatoms. The first-order chi connectivity index (χ1) is 18.9. The molecule has 0 spiro atoms. The van der Waals surface area contributed by atoms with E-state index in [0.29, 0.717) is 23.8 Å². The van der Waals surface area contributed by atoms with Crippen molar-refractivity contribution < 1.29 is 38.4 Å². The lowest BCUT2D eigenvalue weighted by Crippen LogP contribution is -2.40. The first-order valence-electron chi connectivity index (χ1n) is 11.9. The Morgan fingerprint density at radius 3 is 2.33 bits per heavy atom. The van der Waals surface area contributed by atoms with Gasteiger partial charge in [-0.25, -0.2) is 4.79 Å². The van der Waals surface area contributed by atoms with E-state index in [2.05, 4.69) is 5.59 Å². The Morgan fingerprint density at radius 1 is 0.949 bits per heavy atom. The van der Waals surface area contributed by atoms with Crippen LogP contribution >= 0.6 is 32.9 Å². The molecule has 2 heterocycles. The fourth-order valence-corrected chi connectivity index (χ4v) is 5.93. The zero-order valence-electron chi connectivity index (χ0n) is 20.5. The zero-order chi connectivity index (χ0) is 27.6. The van der Waals surface area contributed by atoms with Crippen LogP contribution in [0.3, 0.4) is 0 Å². The number of nitrogens with one attached hydrogen (secondary N) is 1. The van der Waals surface area contributed by atoms with Crippen LogP contribution in [0.4, 0.5) is 0 Å². The Kier molecular flexibility index (Phi) is 10.1. The van der Waals surface area contributed by atoms with Crippen LogP contribution in [0.1, 0.15) is 36.0 Å². The van der Waals surface area contributed by atoms with Gasteiger partial charge in [0.25, 0.3) is 4.98 Å². The maximum absolute atomic E-state index is 12.4. The van der Waals surface area contributed by atoms with E-state index in [1.165, 1.54) is 27.5 Å². The van der Waals surface area contributed by atoms with Crippen LogP contribution in [-0.2, 0) is 19.2 Å². The summed E-state index contributed by atoms with van der Waals surface area (Å²) in [6.45, 7) is 0.663. The number of carbonyl (C=O) groups excluding carboxylic acids is 3. The standard InChI is InChI=1S/C25H24N3O8S3/c29-22(35-18-9-7-17(8-10-18)21-15-24(37)39-38-21)11-12-23(30)36-20-6-2-1-5-19(20)25(31)33-16-34-26-28(32)27-13-3-4-14-27/h1-2,5-10,15H,3-4,11-14,16H2,(H,26,32)/q+1. The molecular weight excluding hydrogens is 566 g/mol. The molecule has 1 fully saturated rings. The van der Waals surface area contributed by atoms with Gasteiger partial charge in [0, 0.05) is 10.5 Å². The van der Waals surface area contributed by atoms with E-state index >= 15 is 0 Å². The smallest absolute Gasteiger partial charge is 0.344 e. The molecule has 1 aliphatic heterocycles. The Morgan fingerprint density at radius 2 is 1.64 bits per heavy atom. The van der Waals surface area contributed by atoms with Crippen molar-refractivity contribution in [3.05, 3.63) is 68.9 Å². The van der Waals surface area contributed by atoms with Gasteiger partial charge in [0.2, 0.25) is 6.79 Å². The monoisotopic (exact) mass is 590 g/mol. The lowest BCUT2D eigenvalue weighted by Gasteiger charge is -2.10. The minimum absolute atomic E-state index is 0.0228. The molecule has 39 heavy (non-hydrogen) atoms. The maximum Gasteiger partial charge on any atom is 0.344 e. The van der Waals surface area contributed by atoms with E-state index < -0.39 is 24.7 Å². The molecule has 0 saturated carbocycles. The normalized spacial score (nSPS) is 12.6. The quantitative estimate of drug-likeness (QED) is 0.0456. The van der Waals surface area contributed by atoms with Crippen LogP contribution in [0.5, 0.6) is 11.5 Å². The minimum Gasteiger partial charge on any atom is -0.432 e. The predicted octanol–water partition coefficient (Wildman–Crippen LogP) is 4.84. The van der Waals surface area contributed by atoms with Crippen molar-refractivity contribution >= 4 is 50.8 Å². The fraction of sp³-hybridized carbons (Fsp3) is 0.280. The summed E-state index contributed by atoms with van der Waals surface area (Å²) < 4.78 is 16.4. The van der Waals surface area contributed by atoms with Crippen molar-refractivity contribution in [3.63, 3.8) is 0 Å². The van der Waals surface area contributed by atoms with Crippen LogP contribution in [0.15, 0.2) is 54.6 Å². The number of ether oxygens (including phenoxy) is 3. The van der Waals surface area contributed by atoms with Crippen LogP contribution in [0, 0.1) is 8.73 Å². The number of para-hydroxylation sites is 1. The van der Waals surface area contributed by atoms with E-state index in [1.807, 2.05) is 18.2 Å². The van der Waals surface area contributed by atoms with E-state index in [0.717, 1.165) is 27.1 Å². The van der Waals surface area contributed by atoms with Crippen LogP contribution in [0.25, 0.3) is 10.4 Å². The third-order valence-electron chi connectivity index (χ3n) is 5.43. The maximum atomic E-state index is 12.4. The second-order valence-electron chi connectivity index (χ2n) is 8.18. The summed E-state index contributed by atoms with van der Waals surface area (Å²) in [7, 11) is 3.09. The van der Waals surface area contributed by atoms with E-state index in [-0.39, 0.29) is 24.2 Å². The highest BCUT2D eigenvalue weighted by Gasteiger charge is 2.25. The number of hydrogen-bond donors (Lipinski definition) is 1. The van der Waals surface area contributed by atoms with Crippen molar-refractivity contribution in [2.24, 2.45) is 0 Å². The lowest BCUT2D eigenvalue weighted by molar-refractivity contribution is -0.787. The fourth-order valence-electron chi connectivity index (χ4n) is 3.53. The average Bonchev–Trinajstić information content (AvgIpc) is 3.63. The molecule has 0 atom stereocenters. The second kappa shape index (κ2) is 13.9. The molecule has 1 N–H and O–H groups in total. The number of carbonyl (C=O) groups is 3. The summed E-state index contributed by atoms with van der Waals surface area (Å²) in [5.41, 5.74) is 3.07. The van der Waals surface area contributed by atoms with E-state index in [4.69, 9.17) is 31.3 Å². The molecule has 0 amide bonds. The first kappa shape index (κ1) is 28.3. The molecule has 2 aromatic carbocycles. The van der Waals surface area contributed by atoms with Crippen molar-refractivity contribution in [2.75, 3.05) is 19.9 Å². The van der Waals surface area contributed by atoms with Gasteiger partial charge in [0.05, 0.1) is 30.8 Å². The molecule has 11 nitrogen and oxygen atoms in total. The predicted molar refractivity (Wildman–Crippen MR) is 144 cm³/mol. The minimum atomic E-state index is -0.825. The summed E-state index contributed by atoms with van der Waals surface area (Å²) in [6, 6.07) is 14.9. The van der Waals surface area contributed by atoms with Gasteiger partial charge in [-0.1, -0.05) is 45.0 Å². The third kappa shape index (κ3) is 8.38. The summed E-state index contributed by atoms with van der Waals surface area (Å²) in [4.78, 5) is 55.1. The van der Waals surface area contributed by atoms with Crippen molar-refractivity contribution in [2.45, 2.75) is 25.7 Å². The Bertz CT molecular complexity index is 1380. The van der Waals surface area contributed by atoms with E-state index in [9.17, 15) is 19.3 Å². The van der Waals surface area contributed by atoms with Crippen molar-refractivity contribution in [1.29, 1.82) is 0 Å². The molecule has 4 rings (SSSR count).